The number of nitrogens with zero attached hydrogens (tertiary/aromatic N) is 2. The van der Waals surface area contributed by atoms with Gasteiger partial charge in [-0.1, -0.05) is 0 Å². The fourth-order valence-corrected chi connectivity index (χ4v) is 3.31. The second-order valence-electron chi connectivity index (χ2n) is 6.65. The summed E-state index contributed by atoms with van der Waals surface area (Å²) in [6.07, 6.45) is -0.0104. The van der Waals surface area contributed by atoms with Crippen LogP contribution in [-0.2, 0) is 9.59 Å². The molecular formula is C19H16FN3O6. The SMILES string of the molecule is O=C(Nc1ccc(F)c([N+](=O)[O-])c1)C1CC(=O)N(c2ccc3c(c2)OCCO3)C1. The van der Waals surface area contributed by atoms with Crippen LogP contribution in [0.4, 0.5) is 21.5 Å². The standard InChI is InChI=1S/C19H16FN3O6/c20-14-3-1-12(8-15(14)23(26)27)21-19(25)11-7-18(24)22(10-11)13-2-4-16-17(9-13)29-6-5-28-16/h1-4,8-9,11H,5-7,10H2,(H,21,25). The Morgan fingerprint density at radius 1 is 1.17 bits per heavy atom. The van der Waals surface area contributed by atoms with Crippen LogP contribution in [0.2, 0.25) is 0 Å². The molecule has 150 valence electrons. The highest BCUT2D eigenvalue weighted by Crippen LogP contribution is 2.36. The van der Waals surface area contributed by atoms with Crippen LogP contribution in [0.25, 0.3) is 0 Å². The van der Waals surface area contributed by atoms with E-state index in [1.54, 1.807) is 18.2 Å². The van der Waals surface area contributed by atoms with Gasteiger partial charge in [0.15, 0.2) is 11.5 Å². The molecule has 0 aromatic heterocycles. The first kappa shape index (κ1) is 18.7. The normalized spacial score (nSPS) is 17.9. The monoisotopic (exact) mass is 401 g/mol. The van der Waals surface area contributed by atoms with E-state index in [0.717, 1.165) is 12.1 Å². The smallest absolute Gasteiger partial charge is 0.306 e. The molecule has 1 fully saturated rings. The predicted molar refractivity (Wildman–Crippen MR) is 99.6 cm³/mol. The lowest BCUT2D eigenvalue weighted by atomic mass is 10.1. The van der Waals surface area contributed by atoms with E-state index in [2.05, 4.69) is 5.32 Å². The summed E-state index contributed by atoms with van der Waals surface area (Å²) in [5.41, 5.74) is -0.0523. The molecule has 1 unspecified atom stereocenters. The van der Waals surface area contributed by atoms with Crippen molar-refractivity contribution in [3.63, 3.8) is 0 Å². The van der Waals surface area contributed by atoms with Gasteiger partial charge in [-0.05, 0) is 24.3 Å². The number of benzene rings is 2. The molecule has 1 atom stereocenters. The minimum absolute atomic E-state index is 0.0104. The quantitative estimate of drug-likeness (QED) is 0.622. The molecule has 4 rings (SSSR count). The van der Waals surface area contributed by atoms with Gasteiger partial charge in [0.25, 0.3) is 0 Å². The molecule has 2 heterocycles. The first-order chi connectivity index (χ1) is 13.9. The molecule has 0 saturated carbocycles. The van der Waals surface area contributed by atoms with Crippen molar-refractivity contribution in [2.75, 3.05) is 30.0 Å². The van der Waals surface area contributed by atoms with Gasteiger partial charge in [0.1, 0.15) is 13.2 Å². The summed E-state index contributed by atoms with van der Waals surface area (Å²) in [6.45, 7) is 1.02. The second kappa shape index (κ2) is 7.38. The van der Waals surface area contributed by atoms with Crippen LogP contribution in [0, 0.1) is 21.8 Å². The Morgan fingerprint density at radius 3 is 2.69 bits per heavy atom. The second-order valence-corrected chi connectivity index (χ2v) is 6.65. The third-order valence-electron chi connectivity index (χ3n) is 4.74. The Balaban J connectivity index is 1.47. The van der Waals surface area contributed by atoms with Crippen LogP contribution >= 0.6 is 0 Å². The molecule has 1 N–H and O–H groups in total. The zero-order chi connectivity index (χ0) is 20.5. The van der Waals surface area contributed by atoms with Gasteiger partial charge in [-0.25, -0.2) is 0 Å². The first-order valence-electron chi connectivity index (χ1n) is 8.87. The highest BCUT2D eigenvalue weighted by Gasteiger charge is 2.35. The molecule has 10 heteroatoms. The molecule has 2 amide bonds. The topological polar surface area (TPSA) is 111 Å². The number of carbonyl (C=O) groups is 2. The van der Waals surface area contributed by atoms with Crippen molar-refractivity contribution in [2.24, 2.45) is 5.92 Å². The highest BCUT2D eigenvalue weighted by molar-refractivity contribution is 6.03. The van der Waals surface area contributed by atoms with Crippen LogP contribution in [0.5, 0.6) is 11.5 Å². The van der Waals surface area contributed by atoms with E-state index in [0.29, 0.717) is 30.4 Å². The van der Waals surface area contributed by atoms with Gasteiger partial charge in [-0.2, -0.15) is 4.39 Å². The maximum absolute atomic E-state index is 13.4. The van der Waals surface area contributed by atoms with Crippen molar-refractivity contribution >= 4 is 28.9 Å². The maximum Gasteiger partial charge on any atom is 0.306 e. The Morgan fingerprint density at radius 2 is 1.93 bits per heavy atom. The van der Waals surface area contributed by atoms with Gasteiger partial charge >= 0.3 is 5.69 Å². The largest absolute Gasteiger partial charge is 0.486 e. The fourth-order valence-electron chi connectivity index (χ4n) is 3.31. The number of nitro benzene ring substituents is 1. The highest BCUT2D eigenvalue weighted by atomic mass is 19.1. The number of carbonyl (C=O) groups excluding carboxylic acids is 2. The molecular weight excluding hydrogens is 385 g/mol. The molecule has 29 heavy (non-hydrogen) atoms. The Hall–Kier alpha value is -3.69. The van der Waals surface area contributed by atoms with Crippen molar-refractivity contribution in [3.8, 4) is 11.5 Å². The van der Waals surface area contributed by atoms with E-state index in [4.69, 9.17) is 9.47 Å². The molecule has 2 aromatic carbocycles. The van der Waals surface area contributed by atoms with Crippen LogP contribution < -0.4 is 19.7 Å². The Labute approximate surface area is 164 Å². The van der Waals surface area contributed by atoms with Gasteiger partial charge < -0.3 is 19.7 Å². The third kappa shape index (κ3) is 3.68. The summed E-state index contributed by atoms with van der Waals surface area (Å²) in [4.78, 5) is 36.4. The van der Waals surface area contributed by atoms with Gasteiger partial charge in [0.2, 0.25) is 17.6 Å². The van der Waals surface area contributed by atoms with Crippen molar-refractivity contribution < 1.29 is 28.4 Å². The predicted octanol–water partition coefficient (Wildman–Crippen LogP) is 2.50. The van der Waals surface area contributed by atoms with Crippen LogP contribution in [-0.4, -0.2) is 36.5 Å². The van der Waals surface area contributed by atoms with E-state index >= 15 is 0 Å². The molecule has 1 saturated heterocycles. The maximum atomic E-state index is 13.4. The van der Waals surface area contributed by atoms with E-state index in [-0.39, 0.29) is 24.6 Å². The van der Waals surface area contributed by atoms with Crippen molar-refractivity contribution in [1.82, 2.24) is 0 Å². The molecule has 2 aromatic rings. The number of fused-ring (bicyclic) bond motifs is 1. The van der Waals surface area contributed by atoms with Crippen molar-refractivity contribution in [1.29, 1.82) is 0 Å². The number of nitrogens with one attached hydrogen (secondary N) is 1. The average molecular weight is 401 g/mol. The minimum atomic E-state index is -0.992. The number of amides is 2. The lowest BCUT2D eigenvalue weighted by Gasteiger charge is -2.22. The number of ether oxygens (including phenoxy) is 2. The van der Waals surface area contributed by atoms with E-state index in [1.807, 2.05) is 0 Å². The first-order valence-corrected chi connectivity index (χ1v) is 8.87. The van der Waals surface area contributed by atoms with Gasteiger partial charge in [0, 0.05) is 36.5 Å². The van der Waals surface area contributed by atoms with Crippen molar-refractivity contribution in [2.45, 2.75) is 6.42 Å². The number of rotatable bonds is 4. The zero-order valence-corrected chi connectivity index (χ0v) is 15.1. The summed E-state index contributed by atoms with van der Waals surface area (Å²) in [6, 6.07) is 8.21. The molecule has 0 bridgehead atoms. The third-order valence-corrected chi connectivity index (χ3v) is 4.74. The Kier molecular flexibility index (Phi) is 4.75. The van der Waals surface area contributed by atoms with Gasteiger partial charge in [0.05, 0.1) is 10.8 Å². The Bertz CT molecular complexity index is 1010. The van der Waals surface area contributed by atoms with Crippen LogP contribution in [0.15, 0.2) is 36.4 Å². The van der Waals surface area contributed by atoms with E-state index in [9.17, 15) is 24.1 Å². The molecule has 2 aliphatic rings. The summed E-state index contributed by atoms with van der Waals surface area (Å²) in [5, 5.41) is 13.4. The summed E-state index contributed by atoms with van der Waals surface area (Å²) in [7, 11) is 0. The molecule has 0 spiro atoms. The number of halogens is 1. The summed E-state index contributed by atoms with van der Waals surface area (Å²) in [5.74, 6) is -1.22. The lowest BCUT2D eigenvalue weighted by Crippen LogP contribution is -2.28. The van der Waals surface area contributed by atoms with E-state index in [1.165, 1.54) is 11.0 Å². The lowest BCUT2D eigenvalue weighted by molar-refractivity contribution is -0.387. The van der Waals surface area contributed by atoms with Crippen LogP contribution in [0.3, 0.4) is 0 Å². The van der Waals surface area contributed by atoms with Crippen molar-refractivity contribution in [3.05, 3.63) is 52.3 Å². The fraction of sp³-hybridized carbons (Fsp3) is 0.263. The van der Waals surface area contributed by atoms with Gasteiger partial charge in [-0.3, -0.25) is 19.7 Å². The van der Waals surface area contributed by atoms with E-state index < -0.39 is 28.3 Å². The zero-order valence-electron chi connectivity index (χ0n) is 15.1. The molecule has 0 radical (unpaired) electrons. The number of hydrogen-bond acceptors (Lipinski definition) is 6. The number of anilines is 2. The molecule has 0 aliphatic carbocycles. The number of nitro groups is 1. The van der Waals surface area contributed by atoms with Gasteiger partial charge in [-0.15, -0.1) is 0 Å². The summed E-state index contributed by atoms with van der Waals surface area (Å²) < 4.78 is 24.4. The number of hydrogen-bond donors (Lipinski definition) is 1. The minimum Gasteiger partial charge on any atom is -0.486 e. The van der Waals surface area contributed by atoms with Crippen LogP contribution in [0.1, 0.15) is 6.42 Å². The molecule has 9 nitrogen and oxygen atoms in total. The average Bonchev–Trinajstić information content (AvgIpc) is 3.10. The molecule has 2 aliphatic heterocycles. The summed E-state index contributed by atoms with van der Waals surface area (Å²) >= 11 is 0.